The van der Waals surface area contributed by atoms with E-state index in [4.69, 9.17) is 4.99 Å². The summed E-state index contributed by atoms with van der Waals surface area (Å²) < 4.78 is 0. The summed E-state index contributed by atoms with van der Waals surface area (Å²) in [5, 5.41) is 9.32. The van der Waals surface area contributed by atoms with E-state index in [9.17, 15) is 9.90 Å². The molecule has 112 valence electrons. The number of phenols is 1. The molecule has 22 heavy (non-hydrogen) atoms. The lowest BCUT2D eigenvalue weighted by atomic mass is 9.85. The zero-order valence-corrected chi connectivity index (χ0v) is 12.8. The molecule has 2 aromatic rings. The maximum absolute atomic E-state index is 12.5. The first kappa shape index (κ1) is 14.5. The SMILES string of the molecule is CC1(C)Cc2ccccc2C(CC(=O)c2ccc(O)cc2)=N1. The zero-order chi connectivity index (χ0) is 15.7. The zero-order valence-electron chi connectivity index (χ0n) is 12.8. The second-order valence-corrected chi connectivity index (χ2v) is 6.35. The molecule has 0 radical (unpaired) electrons. The van der Waals surface area contributed by atoms with Crippen molar-refractivity contribution < 1.29 is 9.90 Å². The molecule has 3 nitrogen and oxygen atoms in total. The molecule has 1 aliphatic rings. The molecule has 1 N–H and O–H groups in total. The van der Waals surface area contributed by atoms with E-state index in [0.717, 1.165) is 17.7 Å². The highest BCUT2D eigenvalue weighted by Crippen LogP contribution is 2.28. The van der Waals surface area contributed by atoms with Crippen LogP contribution in [-0.4, -0.2) is 22.1 Å². The van der Waals surface area contributed by atoms with Crippen molar-refractivity contribution in [1.82, 2.24) is 0 Å². The van der Waals surface area contributed by atoms with Gasteiger partial charge in [0.25, 0.3) is 0 Å². The van der Waals surface area contributed by atoms with Crippen molar-refractivity contribution in [2.75, 3.05) is 0 Å². The van der Waals surface area contributed by atoms with Crippen LogP contribution >= 0.6 is 0 Å². The maximum Gasteiger partial charge on any atom is 0.168 e. The van der Waals surface area contributed by atoms with Crippen molar-refractivity contribution in [3.8, 4) is 5.75 Å². The lowest BCUT2D eigenvalue weighted by Gasteiger charge is -2.29. The first-order valence-electron chi connectivity index (χ1n) is 7.44. The van der Waals surface area contributed by atoms with Gasteiger partial charge in [-0.3, -0.25) is 9.79 Å². The second-order valence-electron chi connectivity index (χ2n) is 6.35. The second kappa shape index (κ2) is 5.41. The lowest BCUT2D eigenvalue weighted by molar-refractivity contribution is 0.100. The largest absolute Gasteiger partial charge is 0.508 e. The molecular formula is C19H19NO2. The monoisotopic (exact) mass is 293 g/mol. The Bertz CT molecular complexity index is 742. The summed E-state index contributed by atoms with van der Waals surface area (Å²) >= 11 is 0. The van der Waals surface area contributed by atoms with Gasteiger partial charge < -0.3 is 5.11 Å². The molecule has 0 atom stereocenters. The van der Waals surface area contributed by atoms with Crippen LogP contribution < -0.4 is 0 Å². The summed E-state index contributed by atoms with van der Waals surface area (Å²) in [6, 6.07) is 14.5. The topological polar surface area (TPSA) is 49.7 Å². The summed E-state index contributed by atoms with van der Waals surface area (Å²) in [5.41, 5.74) is 3.59. The molecule has 3 heteroatoms. The van der Waals surface area contributed by atoms with Crippen LogP contribution in [0.4, 0.5) is 0 Å². The van der Waals surface area contributed by atoms with E-state index in [1.54, 1.807) is 12.1 Å². The summed E-state index contributed by atoms with van der Waals surface area (Å²) in [6.07, 6.45) is 1.17. The third-order valence-corrected chi connectivity index (χ3v) is 3.91. The van der Waals surface area contributed by atoms with Gasteiger partial charge in [0.2, 0.25) is 0 Å². The number of ketones is 1. The number of carbonyl (C=O) groups is 1. The highest BCUT2D eigenvalue weighted by Gasteiger charge is 2.27. The number of benzene rings is 2. The van der Waals surface area contributed by atoms with E-state index in [2.05, 4.69) is 19.9 Å². The van der Waals surface area contributed by atoms with E-state index < -0.39 is 0 Å². The minimum atomic E-state index is -0.182. The Morgan fingerprint density at radius 1 is 1.14 bits per heavy atom. The number of phenolic OH excluding ortho intramolecular Hbond substituents is 1. The number of rotatable bonds is 3. The molecule has 2 aromatic carbocycles. The summed E-state index contributed by atoms with van der Waals surface area (Å²) in [5.74, 6) is 0.185. The molecule has 0 bridgehead atoms. The van der Waals surface area contributed by atoms with Gasteiger partial charge in [-0.05, 0) is 55.7 Å². The van der Waals surface area contributed by atoms with Gasteiger partial charge in [-0.2, -0.15) is 0 Å². The van der Waals surface area contributed by atoms with Crippen molar-refractivity contribution in [2.45, 2.75) is 32.2 Å². The Morgan fingerprint density at radius 2 is 1.82 bits per heavy atom. The molecule has 0 aromatic heterocycles. The molecule has 1 aliphatic heterocycles. The Balaban J connectivity index is 1.91. The number of nitrogens with zero attached hydrogens (tertiary/aromatic N) is 1. The number of carbonyl (C=O) groups excluding carboxylic acids is 1. The van der Waals surface area contributed by atoms with Crippen molar-refractivity contribution in [1.29, 1.82) is 0 Å². The van der Waals surface area contributed by atoms with Crippen LogP contribution in [0.5, 0.6) is 5.75 Å². The van der Waals surface area contributed by atoms with Crippen LogP contribution in [0, 0.1) is 0 Å². The fraction of sp³-hybridized carbons (Fsp3) is 0.263. The van der Waals surface area contributed by atoms with Gasteiger partial charge in [-0.25, -0.2) is 0 Å². The fourth-order valence-corrected chi connectivity index (χ4v) is 2.92. The first-order valence-corrected chi connectivity index (χ1v) is 7.44. The third-order valence-electron chi connectivity index (χ3n) is 3.91. The average molecular weight is 293 g/mol. The van der Waals surface area contributed by atoms with Crippen LogP contribution in [0.25, 0.3) is 0 Å². The summed E-state index contributed by atoms with van der Waals surface area (Å²) in [7, 11) is 0. The molecule has 3 rings (SSSR count). The highest BCUT2D eigenvalue weighted by molar-refractivity contribution is 6.16. The summed E-state index contributed by atoms with van der Waals surface area (Å²) in [6.45, 7) is 4.18. The van der Waals surface area contributed by atoms with E-state index >= 15 is 0 Å². The van der Waals surface area contributed by atoms with Crippen molar-refractivity contribution in [3.05, 3.63) is 65.2 Å². The van der Waals surface area contributed by atoms with Crippen molar-refractivity contribution >= 4 is 11.5 Å². The van der Waals surface area contributed by atoms with Gasteiger partial charge in [0.15, 0.2) is 5.78 Å². The minimum absolute atomic E-state index is 0.0197. The number of hydrogen-bond donors (Lipinski definition) is 1. The lowest BCUT2D eigenvalue weighted by Crippen LogP contribution is -2.29. The number of aliphatic imine (C=N–C) groups is 1. The van der Waals surface area contributed by atoms with Gasteiger partial charge in [-0.15, -0.1) is 0 Å². The van der Waals surface area contributed by atoms with Gasteiger partial charge >= 0.3 is 0 Å². The third kappa shape index (κ3) is 2.93. The Labute approximate surface area is 130 Å². The molecule has 0 saturated carbocycles. The van der Waals surface area contributed by atoms with E-state index in [0.29, 0.717) is 5.56 Å². The van der Waals surface area contributed by atoms with Gasteiger partial charge in [0.1, 0.15) is 5.75 Å². The Kier molecular flexibility index (Phi) is 3.57. The minimum Gasteiger partial charge on any atom is -0.508 e. The van der Waals surface area contributed by atoms with Crippen molar-refractivity contribution in [3.63, 3.8) is 0 Å². The predicted molar refractivity (Wildman–Crippen MR) is 87.8 cm³/mol. The van der Waals surface area contributed by atoms with Crippen LogP contribution in [0.3, 0.4) is 0 Å². The standard InChI is InChI=1S/C19H19NO2/c1-19(2)12-14-5-3-4-6-16(14)17(20-19)11-18(22)13-7-9-15(21)10-8-13/h3-10,21H,11-12H2,1-2H3. The molecule has 0 fully saturated rings. The van der Waals surface area contributed by atoms with E-state index in [1.807, 2.05) is 18.2 Å². The quantitative estimate of drug-likeness (QED) is 0.875. The Hall–Kier alpha value is -2.42. The number of aromatic hydroxyl groups is 1. The molecule has 0 saturated heterocycles. The van der Waals surface area contributed by atoms with Crippen molar-refractivity contribution in [2.24, 2.45) is 4.99 Å². The van der Waals surface area contributed by atoms with Gasteiger partial charge in [0, 0.05) is 5.56 Å². The molecule has 0 amide bonds. The molecule has 0 spiro atoms. The molecule has 0 unspecified atom stereocenters. The fourth-order valence-electron chi connectivity index (χ4n) is 2.92. The van der Waals surface area contributed by atoms with E-state index in [-0.39, 0.29) is 23.5 Å². The molecular weight excluding hydrogens is 274 g/mol. The predicted octanol–water partition coefficient (Wildman–Crippen LogP) is 3.79. The summed E-state index contributed by atoms with van der Waals surface area (Å²) in [4.78, 5) is 17.3. The number of fused-ring (bicyclic) bond motifs is 1. The first-order chi connectivity index (χ1) is 10.4. The average Bonchev–Trinajstić information content (AvgIpc) is 2.46. The van der Waals surface area contributed by atoms with Crippen LogP contribution in [0.2, 0.25) is 0 Å². The Morgan fingerprint density at radius 3 is 2.55 bits per heavy atom. The van der Waals surface area contributed by atoms with Crippen LogP contribution in [-0.2, 0) is 6.42 Å². The van der Waals surface area contributed by atoms with Gasteiger partial charge in [-0.1, -0.05) is 24.3 Å². The van der Waals surface area contributed by atoms with E-state index in [1.165, 1.54) is 17.7 Å². The molecule has 1 heterocycles. The number of hydrogen-bond acceptors (Lipinski definition) is 3. The highest BCUT2D eigenvalue weighted by atomic mass is 16.3. The smallest absolute Gasteiger partial charge is 0.168 e. The van der Waals surface area contributed by atoms with Crippen LogP contribution in [0.15, 0.2) is 53.5 Å². The normalized spacial score (nSPS) is 15.8. The van der Waals surface area contributed by atoms with Gasteiger partial charge in [0.05, 0.1) is 17.7 Å². The van der Waals surface area contributed by atoms with Crippen LogP contribution in [0.1, 0.15) is 41.8 Å². The number of Topliss-reactive ketones (excluding diaryl/α,β-unsaturated/α-hetero) is 1. The maximum atomic E-state index is 12.5. The molecule has 0 aliphatic carbocycles.